The molecule has 2 aromatic heterocycles. The number of carbonyl (C=O) groups is 2. The maximum Gasteiger partial charge on any atom is 0.475 e. The molecule has 0 aliphatic heterocycles. The highest BCUT2D eigenvalue weighted by atomic mass is 16.4. The Kier molecular flexibility index (Phi) is 9.04. The number of rotatable bonds is 11. The lowest BCUT2D eigenvalue weighted by molar-refractivity contribution is -0.123. The van der Waals surface area contributed by atoms with E-state index in [1.165, 1.54) is 18.6 Å². The van der Waals surface area contributed by atoms with E-state index in [0.717, 1.165) is 12.0 Å². The van der Waals surface area contributed by atoms with Gasteiger partial charge in [-0.05, 0) is 37.0 Å². The summed E-state index contributed by atoms with van der Waals surface area (Å²) in [6, 6.07) is 14.1. The number of aromatic nitrogens is 3. The molecular weight excluding hydrogens is 421 g/mol. The van der Waals surface area contributed by atoms with Crippen LogP contribution in [0, 0.1) is 0 Å². The van der Waals surface area contributed by atoms with E-state index in [1.54, 1.807) is 24.4 Å². The first-order valence-corrected chi connectivity index (χ1v) is 10.7. The highest BCUT2D eigenvalue weighted by molar-refractivity contribution is 6.43. The molecule has 3 aromatic rings. The largest absolute Gasteiger partial charge is 0.475 e. The monoisotopic (exact) mass is 447 g/mol. The molecule has 2 unspecified atom stereocenters. The van der Waals surface area contributed by atoms with E-state index in [2.05, 4.69) is 25.6 Å². The molecular formula is C23H26BN5O4. The van der Waals surface area contributed by atoms with Crippen molar-refractivity contribution >= 4 is 18.9 Å². The van der Waals surface area contributed by atoms with Crippen molar-refractivity contribution in [2.45, 2.75) is 37.7 Å². The Balaban J connectivity index is 1.66. The second kappa shape index (κ2) is 12.4. The van der Waals surface area contributed by atoms with Gasteiger partial charge in [-0.1, -0.05) is 36.4 Å². The van der Waals surface area contributed by atoms with E-state index in [0.29, 0.717) is 18.5 Å². The molecule has 0 fully saturated rings. The maximum absolute atomic E-state index is 13.1. The van der Waals surface area contributed by atoms with E-state index in [9.17, 15) is 19.6 Å². The molecule has 3 rings (SSSR count). The normalized spacial score (nSPS) is 12.4. The van der Waals surface area contributed by atoms with Crippen molar-refractivity contribution in [3.05, 3.63) is 90.3 Å². The van der Waals surface area contributed by atoms with E-state index in [-0.39, 0.29) is 12.1 Å². The fourth-order valence-corrected chi connectivity index (χ4v) is 3.34. The average molecular weight is 447 g/mol. The minimum absolute atomic E-state index is 0.0675. The molecule has 0 radical (unpaired) electrons. The number of benzene rings is 1. The van der Waals surface area contributed by atoms with E-state index in [4.69, 9.17) is 0 Å². The fourth-order valence-electron chi connectivity index (χ4n) is 3.34. The number of pyridine rings is 1. The number of nitrogens with one attached hydrogen (secondary N) is 2. The fraction of sp³-hybridized carbons (Fsp3) is 0.261. The number of amides is 2. The molecule has 0 saturated heterocycles. The predicted octanol–water partition coefficient (Wildman–Crippen LogP) is 0.732. The number of nitrogens with zero attached hydrogens (tertiary/aromatic N) is 3. The van der Waals surface area contributed by atoms with Crippen molar-refractivity contribution < 1.29 is 19.6 Å². The molecule has 0 saturated carbocycles. The number of aryl methyl sites for hydroxylation is 1. The van der Waals surface area contributed by atoms with Crippen LogP contribution in [-0.4, -0.2) is 55.9 Å². The van der Waals surface area contributed by atoms with Gasteiger partial charge in [-0.15, -0.1) is 0 Å². The van der Waals surface area contributed by atoms with Gasteiger partial charge in [0.05, 0.1) is 12.1 Å². The Labute approximate surface area is 192 Å². The van der Waals surface area contributed by atoms with E-state index in [1.807, 2.05) is 30.3 Å². The molecule has 170 valence electrons. The molecule has 1 aromatic carbocycles. The number of carbonyl (C=O) groups excluding carboxylic acids is 2. The van der Waals surface area contributed by atoms with Crippen LogP contribution in [0.3, 0.4) is 0 Å². The zero-order chi connectivity index (χ0) is 23.5. The van der Waals surface area contributed by atoms with E-state index < -0.39 is 30.9 Å². The van der Waals surface area contributed by atoms with Gasteiger partial charge < -0.3 is 20.7 Å². The third kappa shape index (κ3) is 7.78. The molecule has 4 N–H and O–H groups in total. The van der Waals surface area contributed by atoms with Gasteiger partial charge in [0, 0.05) is 30.7 Å². The highest BCUT2D eigenvalue weighted by Gasteiger charge is 2.30. The van der Waals surface area contributed by atoms with Crippen LogP contribution in [0.1, 0.15) is 34.6 Å². The van der Waals surface area contributed by atoms with Crippen LogP contribution >= 0.6 is 0 Å². The van der Waals surface area contributed by atoms with Crippen molar-refractivity contribution in [2.24, 2.45) is 0 Å². The molecule has 2 heterocycles. The summed E-state index contributed by atoms with van der Waals surface area (Å²) in [4.78, 5) is 37.7. The lowest BCUT2D eigenvalue weighted by Gasteiger charge is -2.23. The van der Waals surface area contributed by atoms with Gasteiger partial charge in [0.2, 0.25) is 5.91 Å². The van der Waals surface area contributed by atoms with E-state index >= 15 is 0 Å². The van der Waals surface area contributed by atoms with Crippen molar-refractivity contribution in [1.29, 1.82) is 0 Å². The summed E-state index contributed by atoms with van der Waals surface area (Å²) >= 11 is 0. The Bertz CT molecular complexity index is 1010. The quantitative estimate of drug-likeness (QED) is 0.318. The second-order valence-electron chi connectivity index (χ2n) is 7.55. The van der Waals surface area contributed by atoms with Crippen molar-refractivity contribution in [3.8, 4) is 0 Å². The molecule has 9 nitrogen and oxygen atoms in total. The molecule has 33 heavy (non-hydrogen) atoms. The minimum Gasteiger partial charge on any atom is -0.426 e. The lowest BCUT2D eigenvalue weighted by Crippen LogP contribution is -2.54. The van der Waals surface area contributed by atoms with Crippen LogP contribution in [0.5, 0.6) is 0 Å². The Hall–Kier alpha value is -3.63. The summed E-state index contributed by atoms with van der Waals surface area (Å²) in [6.45, 7) is 0. The molecule has 10 heteroatoms. The van der Waals surface area contributed by atoms with Gasteiger partial charge in [-0.25, -0.2) is 4.98 Å². The van der Waals surface area contributed by atoms with Crippen LogP contribution in [0.4, 0.5) is 0 Å². The predicted molar refractivity (Wildman–Crippen MR) is 123 cm³/mol. The summed E-state index contributed by atoms with van der Waals surface area (Å²) in [6.07, 6.45) is 7.58. The average Bonchev–Trinajstić information content (AvgIpc) is 2.84. The van der Waals surface area contributed by atoms with Gasteiger partial charge in [-0.3, -0.25) is 19.6 Å². The Morgan fingerprint density at radius 1 is 0.939 bits per heavy atom. The molecule has 2 atom stereocenters. The SMILES string of the molecule is O=C(NC(Cc1ccccn1)C(=O)NC(CCCc1ccccc1)B(O)O)c1cnccn1. The standard InChI is InChI=1S/C23H26BN5O4/c30-22(29-21(24(32)33)11-6-9-17-7-2-1-3-8-17)19(15-18-10-4-5-12-26-18)28-23(31)20-16-25-13-14-27-20/h1-5,7-8,10,12-14,16,19,21,32-33H,6,9,11,15H2,(H,28,31)(H,29,30). The Morgan fingerprint density at radius 3 is 2.39 bits per heavy atom. The minimum atomic E-state index is -1.74. The first kappa shape index (κ1) is 24.0. The van der Waals surface area contributed by atoms with Crippen LogP contribution in [-0.2, 0) is 17.6 Å². The van der Waals surface area contributed by atoms with Gasteiger partial charge in [0.25, 0.3) is 5.91 Å². The van der Waals surface area contributed by atoms with Crippen molar-refractivity contribution in [1.82, 2.24) is 25.6 Å². The molecule has 0 bridgehead atoms. The lowest BCUT2D eigenvalue weighted by atomic mass is 9.76. The second-order valence-corrected chi connectivity index (χ2v) is 7.55. The van der Waals surface area contributed by atoms with Gasteiger partial charge in [0.1, 0.15) is 11.7 Å². The zero-order valence-electron chi connectivity index (χ0n) is 18.0. The number of hydrogen-bond acceptors (Lipinski definition) is 7. The van der Waals surface area contributed by atoms with Gasteiger partial charge in [0.15, 0.2) is 0 Å². The summed E-state index contributed by atoms with van der Waals surface area (Å²) < 4.78 is 0. The van der Waals surface area contributed by atoms with Gasteiger partial charge >= 0.3 is 7.12 Å². The summed E-state index contributed by atoms with van der Waals surface area (Å²) in [5.74, 6) is -2.00. The number of hydrogen-bond donors (Lipinski definition) is 4. The van der Waals surface area contributed by atoms with Crippen LogP contribution in [0.2, 0.25) is 0 Å². The third-order valence-corrected chi connectivity index (χ3v) is 5.07. The molecule has 0 spiro atoms. The first-order valence-electron chi connectivity index (χ1n) is 10.7. The summed E-state index contributed by atoms with van der Waals surface area (Å²) in [7, 11) is -1.74. The van der Waals surface area contributed by atoms with Crippen LogP contribution in [0.25, 0.3) is 0 Å². The van der Waals surface area contributed by atoms with Crippen LogP contribution in [0.15, 0.2) is 73.3 Å². The summed E-state index contributed by atoms with van der Waals surface area (Å²) in [5, 5.41) is 24.9. The first-order chi connectivity index (χ1) is 16.0. The molecule has 0 aliphatic carbocycles. The maximum atomic E-state index is 13.1. The Morgan fingerprint density at radius 2 is 1.73 bits per heavy atom. The van der Waals surface area contributed by atoms with Crippen molar-refractivity contribution in [3.63, 3.8) is 0 Å². The molecule has 2 amide bonds. The third-order valence-electron chi connectivity index (χ3n) is 5.07. The van der Waals surface area contributed by atoms with Crippen LogP contribution < -0.4 is 10.6 Å². The van der Waals surface area contributed by atoms with Gasteiger partial charge in [-0.2, -0.15) is 0 Å². The summed E-state index contributed by atoms with van der Waals surface area (Å²) in [5.41, 5.74) is 1.79. The topological polar surface area (TPSA) is 137 Å². The smallest absolute Gasteiger partial charge is 0.426 e. The molecule has 0 aliphatic rings. The zero-order valence-corrected chi connectivity index (χ0v) is 18.0. The highest BCUT2D eigenvalue weighted by Crippen LogP contribution is 2.09. The van der Waals surface area contributed by atoms with Crippen molar-refractivity contribution in [2.75, 3.05) is 0 Å².